The Morgan fingerprint density at radius 2 is 1.87 bits per heavy atom. The van der Waals surface area contributed by atoms with Gasteiger partial charge in [0.1, 0.15) is 5.75 Å². The summed E-state index contributed by atoms with van der Waals surface area (Å²) in [6, 6.07) is 13.7. The molecule has 0 atom stereocenters. The van der Waals surface area contributed by atoms with Crippen LogP contribution in [-0.2, 0) is 0 Å². The third kappa shape index (κ3) is 4.39. The Labute approximate surface area is 188 Å². The average molecular weight is 487 g/mol. The molecule has 0 aliphatic carbocycles. The monoisotopic (exact) mass is 486 g/mol. The van der Waals surface area contributed by atoms with Crippen molar-refractivity contribution in [1.29, 1.82) is 0 Å². The lowest BCUT2D eigenvalue weighted by atomic mass is 10.1. The molecule has 30 heavy (non-hydrogen) atoms. The molecule has 1 aromatic heterocycles. The highest BCUT2D eigenvalue weighted by molar-refractivity contribution is 9.10. The van der Waals surface area contributed by atoms with Crippen LogP contribution in [0.1, 0.15) is 28.8 Å². The number of thioether (sulfide) groups is 1. The smallest absolute Gasteiger partial charge is 0.232 e. The first-order valence-electron chi connectivity index (χ1n) is 9.84. The first-order valence-corrected chi connectivity index (χ1v) is 11.6. The zero-order chi connectivity index (χ0) is 21.1. The van der Waals surface area contributed by atoms with Crippen molar-refractivity contribution >= 4 is 39.4 Å². The van der Waals surface area contributed by atoms with Crippen LogP contribution in [-0.4, -0.2) is 46.5 Å². The van der Waals surface area contributed by atoms with Crippen molar-refractivity contribution in [3.8, 4) is 11.4 Å². The van der Waals surface area contributed by atoms with Crippen LogP contribution >= 0.6 is 27.7 Å². The topological polar surface area (TPSA) is 60.2 Å². The fourth-order valence-electron chi connectivity index (χ4n) is 3.45. The molecule has 1 aliphatic rings. The normalized spacial score (nSPS) is 13.6. The van der Waals surface area contributed by atoms with Crippen LogP contribution in [0.4, 0.5) is 5.95 Å². The number of methoxy groups -OCH3 is 1. The Kier molecular flexibility index (Phi) is 6.43. The maximum Gasteiger partial charge on any atom is 0.232 e. The summed E-state index contributed by atoms with van der Waals surface area (Å²) in [6.07, 6.45) is 2.32. The lowest BCUT2D eigenvalue weighted by Gasteiger charge is -2.18. The van der Waals surface area contributed by atoms with Crippen LogP contribution in [0.2, 0.25) is 0 Å². The van der Waals surface area contributed by atoms with Crippen LogP contribution in [0.25, 0.3) is 5.69 Å². The van der Waals surface area contributed by atoms with E-state index in [-0.39, 0.29) is 11.5 Å². The van der Waals surface area contributed by atoms with E-state index in [4.69, 9.17) is 4.74 Å². The number of Topliss-reactive ketones (excluding diaryl/α,β-unsaturated/α-hetero) is 1. The molecular weight excluding hydrogens is 464 g/mol. The van der Waals surface area contributed by atoms with E-state index in [0.29, 0.717) is 11.3 Å². The summed E-state index contributed by atoms with van der Waals surface area (Å²) < 4.78 is 8.07. The van der Waals surface area contributed by atoms with Crippen molar-refractivity contribution in [1.82, 2.24) is 14.8 Å². The first-order chi connectivity index (χ1) is 14.6. The van der Waals surface area contributed by atoms with Crippen molar-refractivity contribution < 1.29 is 9.53 Å². The van der Waals surface area contributed by atoms with E-state index in [1.54, 1.807) is 25.3 Å². The van der Waals surface area contributed by atoms with Crippen LogP contribution in [0.5, 0.6) is 5.75 Å². The van der Waals surface area contributed by atoms with Gasteiger partial charge < -0.3 is 9.64 Å². The average Bonchev–Trinajstić information content (AvgIpc) is 3.42. The number of nitrogens with zero attached hydrogens (tertiary/aromatic N) is 4. The number of hydrogen-bond donors (Lipinski definition) is 0. The molecule has 8 heteroatoms. The fourth-order valence-corrected chi connectivity index (χ4v) is 4.83. The van der Waals surface area contributed by atoms with E-state index in [1.807, 2.05) is 0 Å². The molecule has 2 aromatic carbocycles. The van der Waals surface area contributed by atoms with Gasteiger partial charge in [-0.15, -0.1) is 10.2 Å². The van der Waals surface area contributed by atoms with E-state index in [2.05, 4.69) is 66.8 Å². The van der Waals surface area contributed by atoms with Crippen molar-refractivity contribution in [2.45, 2.75) is 24.9 Å². The van der Waals surface area contributed by atoms with E-state index in [0.717, 1.165) is 47.2 Å². The number of ketones is 1. The number of carbonyl (C=O) groups excluding carboxylic acids is 1. The van der Waals surface area contributed by atoms with Gasteiger partial charge in [0.15, 0.2) is 10.9 Å². The van der Waals surface area contributed by atoms with Gasteiger partial charge in [0, 0.05) is 18.7 Å². The summed E-state index contributed by atoms with van der Waals surface area (Å²) in [5.74, 6) is 1.86. The number of rotatable bonds is 7. The van der Waals surface area contributed by atoms with Crippen LogP contribution in [0.3, 0.4) is 0 Å². The first kappa shape index (κ1) is 20.9. The van der Waals surface area contributed by atoms with Crippen LogP contribution in [0.15, 0.2) is 52.1 Å². The molecule has 0 radical (unpaired) electrons. The number of anilines is 1. The van der Waals surface area contributed by atoms with Crippen LogP contribution in [0, 0.1) is 6.92 Å². The van der Waals surface area contributed by atoms with E-state index in [9.17, 15) is 4.79 Å². The summed E-state index contributed by atoms with van der Waals surface area (Å²) in [6.45, 7) is 4.03. The number of aryl methyl sites for hydroxylation is 1. The predicted octanol–water partition coefficient (Wildman–Crippen LogP) is 4.92. The standard InChI is InChI=1S/C22H23BrN4O2S/c1-15-5-8-17(9-6-15)27-21(26-11-3-4-12-26)24-25-22(27)30-14-19(28)16-7-10-20(29-2)18(23)13-16/h5-10,13H,3-4,11-12,14H2,1-2H3. The molecule has 156 valence electrons. The number of halogens is 1. The highest BCUT2D eigenvalue weighted by atomic mass is 79.9. The third-order valence-corrected chi connectivity index (χ3v) is 6.65. The molecular formula is C22H23BrN4O2S. The van der Waals surface area contributed by atoms with E-state index >= 15 is 0 Å². The second-order valence-corrected chi connectivity index (χ2v) is 9.01. The van der Waals surface area contributed by atoms with Gasteiger partial charge in [-0.3, -0.25) is 9.36 Å². The molecule has 0 N–H and O–H groups in total. The molecule has 0 saturated carbocycles. The predicted molar refractivity (Wildman–Crippen MR) is 123 cm³/mol. The second-order valence-electron chi connectivity index (χ2n) is 7.21. The number of benzene rings is 2. The summed E-state index contributed by atoms with van der Waals surface area (Å²) in [7, 11) is 1.60. The molecule has 0 unspecified atom stereocenters. The second kappa shape index (κ2) is 9.22. The maximum atomic E-state index is 12.8. The number of hydrogen-bond acceptors (Lipinski definition) is 6. The minimum atomic E-state index is 0.0320. The van der Waals surface area contributed by atoms with E-state index < -0.39 is 0 Å². The highest BCUT2D eigenvalue weighted by Crippen LogP contribution is 2.30. The Hall–Kier alpha value is -2.32. The van der Waals surface area contributed by atoms with Gasteiger partial charge in [0.05, 0.1) is 23.0 Å². The molecule has 6 nitrogen and oxygen atoms in total. The SMILES string of the molecule is COc1ccc(C(=O)CSc2nnc(N3CCCC3)n2-c2ccc(C)cc2)cc1Br. The Balaban J connectivity index is 1.58. The quantitative estimate of drug-likeness (QED) is 0.348. The lowest BCUT2D eigenvalue weighted by molar-refractivity contribution is 0.102. The third-order valence-electron chi connectivity index (χ3n) is 5.10. The summed E-state index contributed by atoms with van der Waals surface area (Å²) in [5.41, 5.74) is 2.84. The van der Waals surface area contributed by atoms with E-state index in [1.165, 1.54) is 17.3 Å². The van der Waals surface area contributed by atoms with Gasteiger partial charge in [-0.2, -0.15) is 0 Å². The molecule has 1 saturated heterocycles. The zero-order valence-corrected chi connectivity index (χ0v) is 19.4. The molecule has 2 heterocycles. The Morgan fingerprint density at radius 1 is 1.13 bits per heavy atom. The summed E-state index contributed by atoms with van der Waals surface area (Å²) in [5, 5.41) is 9.61. The van der Waals surface area contributed by atoms with Gasteiger partial charge in [-0.25, -0.2) is 0 Å². The summed E-state index contributed by atoms with van der Waals surface area (Å²) >= 11 is 4.86. The van der Waals surface area contributed by atoms with Gasteiger partial charge in [0.2, 0.25) is 5.95 Å². The van der Waals surface area contributed by atoms with Crippen molar-refractivity contribution in [3.63, 3.8) is 0 Å². The van der Waals surface area contributed by atoms with Crippen molar-refractivity contribution in [2.75, 3.05) is 30.9 Å². The van der Waals surface area contributed by atoms with Gasteiger partial charge in [-0.1, -0.05) is 29.5 Å². The molecule has 0 amide bonds. The molecule has 4 rings (SSSR count). The maximum absolute atomic E-state index is 12.8. The van der Waals surface area contributed by atoms with Crippen molar-refractivity contribution in [2.24, 2.45) is 0 Å². The molecule has 0 spiro atoms. The number of ether oxygens (including phenoxy) is 1. The molecule has 1 aliphatic heterocycles. The van der Waals surface area contributed by atoms with Gasteiger partial charge in [-0.05, 0) is 66.0 Å². The van der Waals surface area contributed by atoms with Crippen LogP contribution < -0.4 is 9.64 Å². The molecule has 3 aromatic rings. The lowest BCUT2D eigenvalue weighted by Crippen LogP contribution is -2.22. The molecule has 0 bridgehead atoms. The fraction of sp³-hybridized carbons (Fsp3) is 0.318. The number of aromatic nitrogens is 3. The Morgan fingerprint density at radius 3 is 2.53 bits per heavy atom. The molecule has 1 fully saturated rings. The zero-order valence-electron chi connectivity index (χ0n) is 17.0. The van der Waals surface area contributed by atoms with Gasteiger partial charge in [0.25, 0.3) is 0 Å². The largest absolute Gasteiger partial charge is 0.496 e. The minimum absolute atomic E-state index is 0.0320. The summed E-state index contributed by atoms with van der Waals surface area (Å²) in [4.78, 5) is 15.0. The van der Waals surface area contributed by atoms with Crippen molar-refractivity contribution in [3.05, 3.63) is 58.1 Å². The minimum Gasteiger partial charge on any atom is -0.496 e. The van der Waals surface area contributed by atoms with Gasteiger partial charge >= 0.3 is 0 Å². The highest BCUT2D eigenvalue weighted by Gasteiger charge is 2.23. The Bertz CT molecular complexity index is 1050. The number of carbonyl (C=O) groups is 1.